The van der Waals surface area contributed by atoms with E-state index in [1.807, 2.05) is 0 Å². The molecule has 0 spiro atoms. The van der Waals surface area contributed by atoms with Gasteiger partial charge >= 0.3 is 6.09 Å². The van der Waals surface area contributed by atoms with Crippen molar-refractivity contribution in [3.63, 3.8) is 0 Å². The lowest BCUT2D eigenvalue weighted by molar-refractivity contribution is -0.0594. The third kappa shape index (κ3) is 2.93. The Morgan fingerprint density at radius 3 is 2.60 bits per heavy atom. The Morgan fingerprint density at radius 1 is 1.30 bits per heavy atom. The highest BCUT2D eigenvalue weighted by atomic mass is 19.2. The van der Waals surface area contributed by atoms with Crippen LogP contribution < -0.4 is 5.73 Å². The van der Waals surface area contributed by atoms with E-state index in [0.717, 1.165) is 0 Å². The van der Waals surface area contributed by atoms with Crippen LogP contribution in [0.3, 0.4) is 0 Å². The van der Waals surface area contributed by atoms with E-state index < -0.39 is 35.8 Å². The van der Waals surface area contributed by atoms with Gasteiger partial charge in [0.05, 0.1) is 6.61 Å². The quantitative estimate of drug-likeness (QED) is 0.671. The van der Waals surface area contributed by atoms with Crippen molar-refractivity contribution in [2.45, 2.75) is 18.6 Å². The zero-order valence-corrected chi connectivity index (χ0v) is 10.4. The molecule has 108 valence electrons. The monoisotopic (exact) mass is 287 g/mol. The molecule has 1 aromatic carbocycles. The summed E-state index contributed by atoms with van der Waals surface area (Å²) >= 11 is 0. The normalized spacial score (nSPS) is 22.6. The van der Waals surface area contributed by atoms with E-state index in [0.29, 0.717) is 17.7 Å². The topological polar surface area (TPSA) is 61.6 Å². The highest BCUT2D eigenvalue weighted by Gasteiger charge is 2.34. The average molecular weight is 287 g/mol. The number of hydrogen-bond donors (Lipinski definition) is 1. The van der Waals surface area contributed by atoms with Crippen molar-refractivity contribution in [2.75, 3.05) is 6.61 Å². The summed E-state index contributed by atoms with van der Waals surface area (Å²) in [6, 6.07) is 1.10. The smallest absolute Gasteiger partial charge is 0.404 e. The maximum Gasteiger partial charge on any atom is 0.404 e. The molecule has 1 aliphatic rings. The van der Waals surface area contributed by atoms with Gasteiger partial charge in [-0.15, -0.1) is 0 Å². The molecule has 7 heteroatoms. The SMILES string of the molecule is C=C1CO[C@H](c2cc(F)c(F)cc2F)[C@@H](OC(N)=O)C1. The zero-order chi connectivity index (χ0) is 14.9. The Morgan fingerprint density at radius 2 is 1.95 bits per heavy atom. The number of rotatable bonds is 2. The third-order valence-corrected chi connectivity index (χ3v) is 2.91. The first kappa shape index (κ1) is 14.4. The van der Waals surface area contributed by atoms with Gasteiger partial charge in [0.15, 0.2) is 11.6 Å². The summed E-state index contributed by atoms with van der Waals surface area (Å²) in [5, 5.41) is 0. The van der Waals surface area contributed by atoms with E-state index in [4.69, 9.17) is 15.2 Å². The van der Waals surface area contributed by atoms with Crippen LogP contribution in [0.1, 0.15) is 18.1 Å². The summed E-state index contributed by atoms with van der Waals surface area (Å²) in [4.78, 5) is 10.8. The van der Waals surface area contributed by atoms with E-state index in [2.05, 4.69) is 6.58 Å². The summed E-state index contributed by atoms with van der Waals surface area (Å²) in [6.07, 6.45) is -2.87. The minimum atomic E-state index is -1.31. The lowest BCUT2D eigenvalue weighted by atomic mass is 9.95. The predicted molar refractivity (Wildman–Crippen MR) is 63.2 cm³/mol. The molecule has 0 radical (unpaired) electrons. The molecule has 1 fully saturated rings. The average Bonchev–Trinajstić information content (AvgIpc) is 2.34. The lowest BCUT2D eigenvalue weighted by Crippen LogP contribution is -2.35. The number of primary amides is 1. The summed E-state index contributed by atoms with van der Waals surface area (Å²) in [6.45, 7) is 3.77. The van der Waals surface area contributed by atoms with Gasteiger partial charge in [0.1, 0.15) is 18.0 Å². The fourth-order valence-corrected chi connectivity index (χ4v) is 2.06. The molecule has 20 heavy (non-hydrogen) atoms. The molecule has 1 saturated heterocycles. The van der Waals surface area contributed by atoms with Crippen LogP contribution in [-0.4, -0.2) is 18.8 Å². The lowest BCUT2D eigenvalue weighted by Gasteiger charge is -2.32. The first-order valence-corrected chi connectivity index (χ1v) is 5.77. The molecule has 0 aliphatic carbocycles. The van der Waals surface area contributed by atoms with Gasteiger partial charge in [-0.3, -0.25) is 0 Å². The summed E-state index contributed by atoms with van der Waals surface area (Å²) < 4.78 is 50.0. The van der Waals surface area contributed by atoms with E-state index in [9.17, 15) is 18.0 Å². The molecule has 4 nitrogen and oxygen atoms in total. The summed E-state index contributed by atoms with van der Waals surface area (Å²) in [5.41, 5.74) is 5.31. The predicted octanol–water partition coefficient (Wildman–Crippen LogP) is 2.59. The maximum atomic E-state index is 13.7. The van der Waals surface area contributed by atoms with Crippen LogP contribution in [0, 0.1) is 17.5 Å². The number of carbonyl (C=O) groups excluding carboxylic acids is 1. The van der Waals surface area contributed by atoms with Crippen molar-refractivity contribution in [3.8, 4) is 0 Å². The molecular formula is C13H12F3NO3. The van der Waals surface area contributed by atoms with E-state index in [1.54, 1.807) is 0 Å². The molecule has 2 atom stereocenters. The first-order chi connectivity index (χ1) is 9.38. The summed E-state index contributed by atoms with van der Waals surface area (Å²) in [5.74, 6) is -3.51. The van der Waals surface area contributed by atoms with E-state index in [-0.39, 0.29) is 18.6 Å². The Kier molecular flexibility index (Phi) is 3.99. The van der Waals surface area contributed by atoms with Gasteiger partial charge in [-0.2, -0.15) is 0 Å². The molecular weight excluding hydrogens is 275 g/mol. The van der Waals surface area contributed by atoms with Crippen molar-refractivity contribution in [1.82, 2.24) is 0 Å². The fourth-order valence-electron chi connectivity index (χ4n) is 2.06. The number of amides is 1. The maximum absolute atomic E-state index is 13.7. The van der Waals surface area contributed by atoms with Crippen molar-refractivity contribution in [2.24, 2.45) is 5.73 Å². The molecule has 2 rings (SSSR count). The second-order valence-electron chi connectivity index (χ2n) is 4.45. The highest BCUT2D eigenvalue weighted by molar-refractivity contribution is 5.65. The van der Waals surface area contributed by atoms with Crippen molar-refractivity contribution in [3.05, 3.63) is 47.3 Å². The molecule has 1 amide bonds. The van der Waals surface area contributed by atoms with E-state index in [1.165, 1.54) is 0 Å². The number of carbonyl (C=O) groups is 1. The number of ether oxygens (including phenoxy) is 2. The van der Waals surface area contributed by atoms with Crippen LogP contribution in [0.25, 0.3) is 0 Å². The number of hydrogen-bond acceptors (Lipinski definition) is 3. The molecule has 1 aromatic rings. The van der Waals surface area contributed by atoms with Gasteiger partial charge in [-0.1, -0.05) is 6.58 Å². The van der Waals surface area contributed by atoms with Crippen LogP contribution in [0.15, 0.2) is 24.3 Å². The van der Waals surface area contributed by atoms with Crippen LogP contribution in [0.4, 0.5) is 18.0 Å². The second kappa shape index (κ2) is 5.54. The van der Waals surface area contributed by atoms with Gasteiger partial charge in [-0.05, 0) is 11.6 Å². The van der Waals surface area contributed by atoms with Crippen LogP contribution in [0.2, 0.25) is 0 Å². The summed E-state index contributed by atoms with van der Waals surface area (Å²) in [7, 11) is 0. The van der Waals surface area contributed by atoms with Gasteiger partial charge in [0.2, 0.25) is 0 Å². The van der Waals surface area contributed by atoms with Gasteiger partial charge < -0.3 is 15.2 Å². The Balaban J connectivity index is 2.35. The third-order valence-electron chi connectivity index (χ3n) is 2.91. The largest absolute Gasteiger partial charge is 0.443 e. The van der Waals surface area contributed by atoms with E-state index >= 15 is 0 Å². The number of halogens is 3. The van der Waals surface area contributed by atoms with Crippen molar-refractivity contribution in [1.29, 1.82) is 0 Å². The zero-order valence-electron chi connectivity index (χ0n) is 10.4. The number of benzene rings is 1. The van der Waals surface area contributed by atoms with Gasteiger partial charge in [0.25, 0.3) is 0 Å². The Bertz CT molecular complexity index is 560. The Labute approximate surface area is 113 Å². The van der Waals surface area contributed by atoms with Crippen LogP contribution >= 0.6 is 0 Å². The molecule has 0 aromatic heterocycles. The molecule has 0 unspecified atom stereocenters. The minimum Gasteiger partial charge on any atom is -0.443 e. The molecule has 1 heterocycles. The van der Waals surface area contributed by atoms with Crippen LogP contribution in [-0.2, 0) is 9.47 Å². The molecule has 2 N–H and O–H groups in total. The number of nitrogens with two attached hydrogens (primary N) is 1. The standard InChI is InChI=1S/C13H12F3NO3/c1-6-2-11(20-13(17)18)12(19-5-6)7-3-9(15)10(16)4-8(7)14/h3-4,11-12H,1-2,5H2,(H2,17,18)/t11-,12+/m0/s1. The minimum absolute atomic E-state index is 0.0989. The Hall–Kier alpha value is -2.02. The molecule has 0 bridgehead atoms. The fraction of sp³-hybridized carbons (Fsp3) is 0.308. The molecule has 0 saturated carbocycles. The second-order valence-corrected chi connectivity index (χ2v) is 4.45. The van der Waals surface area contributed by atoms with Crippen LogP contribution in [0.5, 0.6) is 0 Å². The van der Waals surface area contributed by atoms with Gasteiger partial charge in [-0.25, -0.2) is 18.0 Å². The van der Waals surface area contributed by atoms with Gasteiger partial charge in [0, 0.05) is 18.1 Å². The van der Waals surface area contributed by atoms with Crippen molar-refractivity contribution < 1.29 is 27.4 Å². The first-order valence-electron chi connectivity index (χ1n) is 5.77. The highest BCUT2D eigenvalue weighted by Crippen LogP contribution is 2.34. The van der Waals surface area contributed by atoms with Crippen molar-refractivity contribution >= 4 is 6.09 Å². The molecule has 1 aliphatic heterocycles.